The van der Waals surface area contributed by atoms with Gasteiger partial charge in [0.05, 0.1) is 12.2 Å². The minimum atomic E-state index is -0.279. The second-order valence-electron chi connectivity index (χ2n) is 4.36. The zero-order chi connectivity index (χ0) is 14.4. The van der Waals surface area contributed by atoms with Gasteiger partial charge in [0.15, 0.2) is 6.61 Å². The van der Waals surface area contributed by atoms with Gasteiger partial charge in [0.2, 0.25) is 5.91 Å². The van der Waals surface area contributed by atoms with Crippen LogP contribution in [-0.2, 0) is 9.59 Å². The first-order valence-corrected chi connectivity index (χ1v) is 5.83. The molecule has 0 saturated carbocycles. The predicted octanol–water partition coefficient (Wildman–Crippen LogP) is 0.194. The molecule has 0 spiro atoms. The molecule has 0 saturated heterocycles. The van der Waals surface area contributed by atoms with Crippen LogP contribution in [0.15, 0.2) is 24.3 Å². The van der Waals surface area contributed by atoms with Crippen molar-refractivity contribution in [1.82, 2.24) is 9.80 Å². The van der Waals surface area contributed by atoms with Crippen LogP contribution >= 0.6 is 0 Å². The van der Waals surface area contributed by atoms with E-state index in [1.165, 1.54) is 9.80 Å². The van der Waals surface area contributed by atoms with Gasteiger partial charge >= 0.3 is 0 Å². The van der Waals surface area contributed by atoms with Crippen molar-refractivity contribution in [2.45, 2.75) is 0 Å². The molecule has 0 radical (unpaired) electrons. The number of hydrogen-bond donors (Lipinski definition) is 1. The van der Waals surface area contributed by atoms with E-state index in [0.29, 0.717) is 11.4 Å². The summed E-state index contributed by atoms with van der Waals surface area (Å²) in [5, 5.41) is 0. The summed E-state index contributed by atoms with van der Waals surface area (Å²) in [7, 11) is 4.84. The lowest BCUT2D eigenvalue weighted by Gasteiger charge is -2.19. The first kappa shape index (κ1) is 14.8. The highest BCUT2D eigenvalue weighted by Gasteiger charge is 2.14. The first-order chi connectivity index (χ1) is 8.91. The van der Waals surface area contributed by atoms with Crippen molar-refractivity contribution in [2.24, 2.45) is 0 Å². The van der Waals surface area contributed by atoms with Crippen LogP contribution in [-0.4, -0.2) is 55.9 Å². The maximum atomic E-state index is 11.8. The average molecular weight is 265 g/mol. The molecule has 104 valence electrons. The van der Waals surface area contributed by atoms with Crippen molar-refractivity contribution in [3.63, 3.8) is 0 Å². The van der Waals surface area contributed by atoms with Gasteiger partial charge in [-0.05, 0) is 12.1 Å². The van der Waals surface area contributed by atoms with Gasteiger partial charge in [0.1, 0.15) is 5.75 Å². The van der Waals surface area contributed by atoms with Crippen LogP contribution < -0.4 is 10.5 Å². The molecule has 0 aliphatic carbocycles. The third kappa shape index (κ3) is 4.50. The van der Waals surface area contributed by atoms with E-state index in [-0.39, 0.29) is 25.0 Å². The monoisotopic (exact) mass is 265 g/mol. The summed E-state index contributed by atoms with van der Waals surface area (Å²) in [6.45, 7) is -0.120. The van der Waals surface area contributed by atoms with Crippen molar-refractivity contribution in [2.75, 3.05) is 40.0 Å². The Labute approximate surface area is 112 Å². The normalized spacial score (nSPS) is 9.84. The summed E-state index contributed by atoms with van der Waals surface area (Å²) >= 11 is 0. The van der Waals surface area contributed by atoms with Crippen molar-refractivity contribution < 1.29 is 14.3 Å². The molecule has 0 bridgehead atoms. The zero-order valence-electron chi connectivity index (χ0n) is 11.4. The summed E-state index contributed by atoms with van der Waals surface area (Å²) in [6, 6.07) is 6.94. The SMILES string of the molecule is CN(C)C(=O)CN(C)C(=O)COc1ccccc1N. The van der Waals surface area contributed by atoms with E-state index in [2.05, 4.69) is 0 Å². The number of nitrogens with zero attached hydrogens (tertiary/aromatic N) is 2. The third-order valence-corrected chi connectivity index (χ3v) is 2.57. The van der Waals surface area contributed by atoms with E-state index in [4.69, 9.17) is 10.5 Å². The number of likely N-dealkylation sites (N-methyl/N-ethyl adjacent to an activating group) is 2. The summed E-state index contributed by atoms with van der Waals surface area (Å²) in [4.78, 5) is 26.0. The maximum Gasteiger partial charge on any atom is 0.260 e. The molecule has 0 atom stereocenters. The Balaban J connectivity index is 2.47. The van der Waals surface area contributed by atoms with E-state index < -0.39 is 0 Å². The van der Waals surface area contributed by atoms with E-state index in [1.807, 2.05) is 0 Å². The minimum absolute atomic E-state index is 0.0272. The van der Waals surface area contributed by atoms with E-state index >= 15 is 0 Å². The molecule has 0 aromatic heterocycles. The van der Waals surface area contributed by atoms with Crippen LogP contribution in [0.4, 0.5) is 5.69 Å². The fourth-order valence-electron chi connectivity index (χ4n) is 1.29. The molecule has 2 amide bonds. The number of para-hydroxylation sites is 2. The number of benzene rings is 1. The van der Waals surface area contributed by atoms with Crippen LogP contribution in [0.25, 0.3) is 0 Å². The Morgan fingerprint density at radius 3 is 2.37 bits per heavy atom. The zero-order valence-corrected chi connectivity index (χ0v) is 11.4. The lowest BCUT2D eigenvalue weighted by molar-refractivity contribution is -0.139. The average Bonchev–Trinajstić information content (AvgIpc) is 2.37. The Hall–Kier alpha value is -2.24. The van der Waals surface area contributed by atoms with Crippen LogP contribution in [0.1, 0.15) is 0 Å². The highest BCUT2D eigenvalue weighted by Crippen LogP contribution is 2.19. The number of rotatable bonds is 5. The number of amides is 2. The second kappa shape index (κ2) is 6.63. The molecule has 0 aliphatic rings. The molecule has 1 aromatic rings. The van der Waals surface area contributed by atoms with Crippen LogP contribution in [0.5, 0.6) is 5.75 Å². The third-order valence-electron chi connectivity index (χ3n) is 2.57. The molecule has 0 unspecified atom stereocenters. The topological polar surface area (TPSA) is 75.9 Å². The number of nitrogens with two attached hydrogens (primary N) is 1. The molecule has 0 heterocycles. The van der Waals surface area contributed by atoms with Gasteiger partial charge in [-0.1, -0.05) is 12.1 Å². The van der Waals surface area contributed by atoms with E-state index in [0.717, 1.165) is 0 Å². The number of nitrogen functional groups attached to an aromatic ring is 1. The van der Waals surface area contributed by atoms with E-state index in [1.54, 1.807) is 45.4 Å². The van der Waals surface area contributed by atoms with Crippen molar-refractivity contribution in [3.05, 3.63) is 24.3 Å². The Bertz CT molecular complexity index is 460. The van der Waals surface area contributed by atoms with Crippen LogP contribution in [0.3, 0.4) is 0 Å². The molecule has 0 aliphatic heterocycles. The molecular weight excluding hydrogens is 246 g/mol. The predicted molar refractivity (Wildman–Crippen MR) is 72.7 cm³/mol. The Morgan fingerprint density at radius 1 is 1.16 bits per heavy atom. The standard InChI is InChI=1S/C13H19N3O3/c1-15(2)12(17)8-16(3)13(18)9-19-11-7-5-4-6-10(11)14/h4-7H,8-9,14H2,1-3H3. The number of carbonyl (C=O) groups is 2. The van der Waals surface area contributed by atoms with Crippen molar-refractivity contribution >= 4 is 17.5 Å². The molecular formula is C13H19N3O3. The molecule has 1 aromatic carbocycles. The fourth-order valence-corrected chi connectivity index (χ4v) is 1.29. The van der Waals surface area contributed by atoms with E-state index in [9.17, 15) is 9.59 Å². The summed E-state index contributed by atoms with van der Waals surface area (Å²) < 4.78 is 5.32. The number of anilines is 1. The fraction of sp³-hybridized carbons (Fsp3) is 0.385. The molecule has 0 fully saturated rings. The molecule has 2 N–H and O–H groups in total. The van der Waals surface area contributed by atoms with Crippen LogP contribution in [0.2, 0.25) is 0 Å². The van der Waals surface area contributed by atoms with Gasteiger partial charge in [0, 0.05) is 21.1 Å². The quantitative estimate of drug-likeness (QED) is 0.771. The van der Waals surface area contributed by atoms with Gasteiger partial charge < -0.3 is 20.3 Å². The summed E-state index contributed by atoms with van der Waals surface area (Å²) in [5.41, 5.74) is 6.17. The van der Waals surface area contributed by atoms with Crippen molar-refractivity contribution in [3.8, 4) is 5.75 Å². The number of carbonyl (C=O) groups excluding carboxylic acids is 2. The van der Waals surface area contributed by atoms with Gasteiger partial charge in [-0.25, -0.2) is 0 Å². The lowest BCUT2D eigenvalue weighted by atomic mass is 10.3. The molecule has 19 heavy (non-hydrogen) atoms. The molecule has 6 heteroatoms. The smallest absolute Gasteiger partial charge is 0.260 e. The number of hydrogen-bond acceptors (Lipinski definition) is 4. The highest BCUT2D eigenvalue weighted by atomic mass is 16.5. The Kier molecular flexibility index (Phi) is 5.17. The van der Waals surface area contributed by atoms with Gasteiger partial charge in [-0.2, -0.15) is 0 Å². The van der Waals surface area contributed by atoms with Gasteiger partial charge in [-0.15, -0.1) is 0 Å². The van der Waals surface area contributed by atoms with Crippen LogP contribution in [0, 0.1) is 0 Å². The maximum absolute atomic E-state index is 11.8. The summed E-state index contributed by atoms with van der Waals surface area (Å²) in [6.07, 6.45) is 0. The van der Waals surface area contributed by atoms with Gasteiger partial charge in [-0.3, -0.25) is 9.59 Å². The Morgan fingerprint density at radius 2 is 1.79 bits per heavy atom. The van der Waals surface area contributed by atoms with Gasteiger partial charge in [0.25, 0.3) is 5.91 Å². The largest absolute Gasteiger partial charge is 0.482 e. The minimum Gasteiger partial charge on any atom is -0.482 e. The summed E-state index contributed by atoms with van der Waals surface area (Å²) in [5.74, 6) is 0.0386. The highest BCUT2D eigenvalue weighted by molar-refractivity contribution is 5.85. The lowest BCUT2D eigenvalue weighted by Crippen LogP contribution is -2.39. The molecule has 1 rings (SSSR count). The first-order valence-electron chi connectivity index (χ1n) is 5.83. The van der Waals surface area contributed by atoms with Crippen molar-refractivity contribution in [1.29, 1.82) is 0 Å². The second-order valence-corrected chi connectivity index (χ2v) is 4.36. The number of ether oxygens (including phenoxy) is 1. The molecule has 6 nitrogen and oxygen atoms in total.